The molecule has 1 N–H and O–H groups in total. The number of rotatable bonds is 7. The fourth-order valence-electron chi connectivity index (χ4n) is 2.54. The molecule has 0 radical (unpaired) electrons. The smallest absolute Gasteiger partial charge is 0.341 e. The van der Waals surface area contributed by atoms with Gasteiger partial charge in [0.2, 0.25) is 0 Å². The number of carboxylic acids is 1. The first-order chi connectivity index (χ1) is 11.8. The zero-order valence-electron chi connectivity index (χ0n) is 14.8. The third kappa shape index (κ3) is 5.03. The summed E-state index contributed by atoms with van der Waals surface area (Å²) < 4.78 is 5.30. The summed E-state index contributed by atoms with van der Waals surface area (Å²) in [5.74, 6) is -0.597. The zero-order chi connectivity index (χ0) is 18.6. The van der Waals surface area contributed by atoms with E-state index in [9.17, 15) is 9.59 Å². The second-order valence-electron chi connectivity index (χ2n) is 5.96. The van der Waals surface area contributed by atoms with Crippen LogP contribution in [0.2, 0.25) is 0 Å². The summed E-state index contributed by atoms with van der Waals surface area (Å²) in [6.45, 7) is 5.80. The van der Waals surface area contributed by atoms with E-state index in [0.717, 1.165) is 27.4 Å². The highest BCUT2D eigenvalue weighted by Crippen LogP contribution is 2.25. The van der Waals surface area contributed by atoms with E-state index in [1.807, 2.05) is 13.1 Å². The second-order valence-corrected chi connectivity index (χ2v) is 7.28. The predicted octanol–water partition coefficient (Wildman–Crippen LogP) is 2.85. The first-order valence-electron chi connectivity index (χ1n) is 7.90. The van der Waals surface area contributed by atoms with Gasteiger partial charge in [-0.15, -0.1) is 11.3 Å². The molecule has 0 aliphatic heterocycles. The van der Waals surface area contributed by atoms with Crippen molar-refractivity contribution < 1.29 is 19.4 Å². The number of carboxylic acid groups (broad SMARTS) is 1. The molecule has 1 aromatic carbocycles. The molecule has 0 saturated carbocycles. The first kappa shape index (κ1) is 18.9. The van der Waals surface area contributed by atoms with E-state index >= 15 is 0 Å². The van der Waals surface area contributed by atoms with Crippen LogP contribution in [0.1, 0.15) is 31.4 Å². The van der Waals surface area contributed by atoms with Gasteiger partial charge in [0, 0.05) is 36.7 Å². The molecule has 0 aliphatic carbocycles. The van der Waals surface area contributed by atoms with Gasteiger partial charge in [0.25, 0.3) is 5.91 Å². The summed E-state index contributed by atoms with van der Waals surface area (Å²) in [5, 5.41) is 9.75. The monoisotopic (exact) mass is 362 g/mol. The van der Waals surface area contributed by atoms with E-state index in [0.29, 0.717) is 17.9 Å². The lowest BCUT2D eigenvalue weighted by atomic mass is 10.0. The van der Waals surface area contributed by atoms with Crippen molar-refractivity contribution in [3.8, 4) is 5.75 Å². The average Bonchev–Trinajstić information content (AvgIpc) is 2.96. The van der Waals surface area contributed by atoms with Gasteiger partial charge in [-0.25, -0.2) is 9.78 Å². The molecule has 2 rings (SSSR count). The Morgan fingerprint density at radius 2 is 1.88 bits per heavy atom. The fourth-order valence-corrected chi connectivity index (χ4v) is 3.31. The molecule has 0 fully saturated rings. The van der Waals surface area contributed by atoms with Crippen molar-refractivity contribution in [1.29, 1.82) is 0 Å². The van der Waals surface area contributed by atoms with Gasteiger partial charge >= 0.3 is 5.97 Å². The van der Waals surface area contributed by atoms with Gasteiger partial charge < -0.3 is 14.7 Å². The number of thiazole rings is 1. The minimum Gasteiger partial charge on any atom is -0.481 e. The molecule has 0 bridgehead atoms. The van der Waals surface area contributed by atoms with E-state index < -0.39 is 12.6 Å². The van der Waals surface area contributed by atoms with E-state index in [2.05, 4.69) is 4.98 Å². The lowest BCUT2D eigenvalue weighted by Crippen LogP contribution is -2.29. The highest BCUT2D eigenvalue weighted by atomic mass is 32.1. The van der Waals surface area contributed by atoms with Crippen LogP contribution in [0.4, 0.5) is 0 Å². The molecule has 0 atom stereocenters. The Morgan fingerprint density at radius 1 is 1.24 bits per heavy atom. The van der Waals surface area contributed by atoms with Gasteiger partial charge in [-0.2, -0.15) is 0 Å². The second kappa shape index (κ2) is 8.11. The Bertz CT molecular complexity index is 762. The maximum Gasteiger partial charge on any atom is 0.341 e. The number of likely N-dealkylation sites (N-methyl/N-ethyl adjacent to an activating group) is 1. The van der Waals surface area contributed by atoms with Crippen molar-refractivity contribution >= 4 is 23.2 Å². The van der Waals surface area contributed by atoms with Crippen LogP contribution in [0.25, 0.3) is 0 Å². The highest BCUT2D eigenvalue weighted by Gasteiger charge is 2.16. The number of nitrogens with zero attached hydrogens (tertiary/aromatic N) is 2. The number of benzene rings is 1. The topological polar surface area (TPSA) is 79.7 Å². The fraction of sp³-hybridized carbons (Fsp3) is 0.389. The largest absolute Gasteiger partial charge is 0.481 e. The number of hydrogen-bond donors (Lipinski definition) is 1. The summed E-state index contributed by atoms with van der Waals surface area (Å²) in [5.41, 5.74) is 2.05. The van der Waals surface area contributed by atoms with Gasteiger partial charge in [-0.1, -0.05) is 0 Å². The molecule has 0 aliphatic rings. The van der Waals surface area contributed by atoms with Crippen LogP contribution < -0.4 is 4.74 Å². The third-order valence-electron chi connectivity index (χ3n) is 3.72. The molecule has 1 aromatic heterocycles. The molecule has 25 heavy (non-hydrogen) atoms. The van der Waals surface area contributed by atoms with Gasteiger partial charge in [0.15, 0.2) is 6.61 Å². The van der Waals surface area contributed by atoms with Gasteiger partial charge in [-0.05, 0) is 44.0 Å². The van der Waals surface area contributed by atoms with Crippen molar-refractivity contribution in [2.75, 3.05) is 20.2 Å². The zero-order valence-corrected chi connectivity index (χ0v) is 15.6. The summed E-state index contributed by atoms with van der Waals surface area (Å²) in [6.07, 6.45) is 2.56. The lowest BCUT2D eigenvalue weighted by molar-refractivity contribution is -0.139. The number of carbonyl (C=O) groups is 2. The maximum atomic E-state index is 12.6. The van der Waals surface area contributed by atoms with Crippen LogP contribution >= 0.6 is 11.3 Å². The van der Waals surface area contributed by atoms with Crippen LogP contribution in [0.5, 0.6) is 5.75 Å². The van der Waals surface area contributed by atoms with Crippen LogP contribution in [0.3, 0.4) is 0 Å². The third-order valence-corrected chi connectivity index (χ3v) is 4.70. The normalized spacial score (nSPS) is 10.6. The molecule has 1 amide bonds. The Balaban J connectivity index is 2.06. The number of aliphatic carboxylic acids is 1. The average molecular weight is 362 g/mol. The van der Waals surface area contributed by atoms with Gasteiger partial charge in [-0.3, -0.25) is 4.79 Å². The lowest BCUT2D eigenvalue weighted by Gasteiger charge is -2.18. The Labute approximate surface area is 151 Å². The molecular formula is C18H22N2O4S. The van der Waals surface area contributed by atoms with Crippen LogP contribution in [0, 0.1) is 20.8 Å². The Hall–Kier alpha value is -2.41. The van der Waals surface area contributed by atoms with Crippen LogP contribution in [-0.2, 0) is 11.2 Å². The Kier molecular flexibility index (Phi) is 6.14. The number of ether oxygens (including phenoxy) is 1. The number of aromatic nitrogens is 1. The summed E-state index contributed by atoms with van der Waals surface area (Å²) >= 11 is 1.64. The van der Waals surface area contributed by atoms with E-state index in [1.165, 1.54) is 0 Å². The van der Waals surface area contributed by atoms with Crippen molar-refractivity contribution in [2.24, 2.45) is 0 Å². The summed E-state index contributed by atoms with van der Waals surface area (Å²) in [6, 6.07) is 3.47. The predicted molar refractivity (Wildman–Crippen MR) is 96.6 cm³/mol. The van der Waals surface area contributed by atoms with Gasteiger partial charge in [0.05, 0.1) is 5.01 Å². The minimum atomic E-state index is -1.03. The number of carbonyl (C=O) groups excluding carboxylic acids is 1. The number of aryl methyl sites for hydroxylation is 3. The molecule has 1 heterocycles. The van der Waals surface area contributed by atoms with Crippen LogP contribution in [0.15, 0.2) is 18.3 Å². The van der Waals surface area contributed by atoms with Crippen molar-refractivity contribution in [3.63, 3.8) is 0 Å². The van der Waals surface area contributed by atoms with E-state index in [4.69, 9.17) is 9.84 Å². The number of amides is 1. The molecule has 0 unspecified atom stereocenters. The number of hydrogen-bond acceptors (Lipinski definition) is 5. The maximum absolute atomic E-state index is 12.6. The summed E-state index contributed by atoms with van der Waals surface area (Å²) in [4.78, 5) is 30.4. The minimum absolute atomic E-state index is 0.0794. The molecule has 7 heteroatoms. The highest BCUT2D eigenvalue weighted by molar-refractivity contribution is 7.11. The van der Waals surface area contributed by atoms with Crippen molar-refractivity contribution in [1.82, 2.24) is 9.88 Å². The molecule has 6 nitrogen and oxygen atoms in total. The van der Waals surface area contributed by atoms with Gasteiger partial charge in [0.1, 0.15) is 5.75 Å². The van der Waals surface area contributed by atoms with Crippen molar-refractivity contribution in [2.45, 2.75) is 27.2 Å². The van der Waals surface area contributed by atoms with E-state index in [1.54, 1.807) is 49.3 Å². The quantitative estimate of drug-likeness (QED) is 0.819. The SMILES string of the molecule is Cc1cnc(CCN(C)C(=O)c2cc(C)c(OCC(=O)O)c(C)c2)s1. The molecule has 0 saturated heterocycles. The van der Waals surface area contributed by atoms with E-state index in [-0.39, 0.29) is 5.91 Å². The molecule has 134 valence electrons. The van der Waals surface area contributed by atoms with Crippen molar-refractivity contribution in [3.05, 3.63) is 44.9 Å². The standard InChI is InChI=1S/C18H22N2O4S/c1-11-7-14(8-12(2)17(11)24-10-16(21)22)18(23)20(4)6-5-15-19-9-13(3)25-15/h7-9H,5-6,10H2,1-4H3,(H,21,22). The molecular weight excluding hydrogens is 340 g/mol. The molecule has 2 aromatic rings. The molecule has 0 spiro atoms. The van der Waals surface area contributed by atoms with Crippen LogP contribution in [-0.4, -0.2) is 47.1 Å². The first-order valence-corrected chi connectivity index (χ1v) is 8.72. The summed E-state index contributed by atoms with van der Waals surface area (Å²) in [7, 11) is 1.77. The Morgan fingerprint density at radius 3 is 2.40 bits per heavy atom.